The molecule has 2 rings (SSSR count). The maximum atomic E-state index is 11.5. The van der Waals surface area contributed by atoms with Gasteiger partial charge < -0.3 is 15.7 Å². The molecule has 1 fully saturated rings. The summed E-state index contributed by atoms with van der Waals surface area (Å²) in [6.45, 7) is 0.187. The largest absolute Gasteiger partial charge is 0.395 e. The summed E-state index contributed by atoms with van der Waals surface area (Å²) in [7, 11) is 0. The van der Waals surface area contributed by atoms with Gasteiger partial charge in [-0.25, -0.2) is 4.98 Å². The molecule has 0 atom stereocenters. The molecule has 1 aliphatic rings. The minimum atomic E-state index is -0.256. The van der Waals surface area contributed by atoms with Gasteiger partial charge in [0.05, 0.1) is 6.61 Å². The molecule has 0 aliphatic heterocycles. The monoisotopic (exact) mass is 221 g/mol. The summed E-state index contributed by atoms with van der Waals surface area (Å²) in [6.07, 6.45) is 2.34. The number of amides is 1. The highest BCUT2D eigenvalue weighted by Crippen LogP contribution is 2.23. The van der Waals surface area contributed by atoms with Crippen molar-refractivity contribution in [3.05, 3.63) is 23.9 Å². The third-order valence-electron chi connectivity index (χ3n) is 2.31. The fourth-order valence-corrected chi connectivity index (χ4v) is 1.34. The van der Waals surface area contributed by atoms with Crippen molar-refractivity contribution in [3.8, 4) is 0 Å². The lowest BCUT2D eigenvalue weighted by Gasteiger charge is -2.06. The Hall–Kier alpha value is -1.62. The molecule has 1 aliphatic carbocycles. The maximum absolute atomic E-state index is 11.5. The van der Waals surface area contributed by atoms with Crippen molar-refractivity contribution in [1.29, 1.82) is 0 Å². The van der Waals surface area contributed by atoms with Gasteiger partial charge in [-0.2, -0.15) is 0 Å². The van der Waals surface area contributed by atoms with Gasteiger partial charge >= 0.3 is 0 Å². The molecule has 5 nitrogen and oxygen atoms in total. The number of nitrogens with one attached hydrogen (secondary N) is 2. The number of aliphatic hydroxyl groups is 1. The minimum absolute atomic E-state index is 0.0637. The smallest absolute Gasteiger partial charge is 0.270 e. The van der Waals surface area contributed by atoms with Crippen molar-refractivity contribution >= 4 is 11.7 Å². The van der Waals surface area contributed by atoms with Crippen LogP contribution in [0, 0.1) is 0 Å². The number of rotatable bonds is 5. The summed E-state index contributed by atoms with van der Waals surface area (Å²) in [5.74, 6) is 0.479. The third-order valence-corrected chi connectivity index (χ3v) is 2.31. The minimum Gasteiger partial charge on any atom is -0.395 e. The fourth-order valence-electron chi connectivity index (χ4n) is 1.34. The van der Waals surface area contributed by atoms with E-state index in [4.69, 9.17) is 5.11 Å². The number of hydrogen-bond acceptors (Lipinski definition) is 4. The number of pyridine rings is 1. The summed E-state index contributed by atoms with van der Waals surface area (Å²) in [5, 5.41) is 14.4. The van der Waals surface area contributed by atoms with Crippen molar-refractivity contribution in [3.63, 3.8) is 0 Å². The molecule has 0 spiro atoms. The van der Waals surface area contributed by atoms with Crippen LogP contribution in [0.1, 0.15) is 23.3 Å². The van der Waals surface area contributed by atoms with Gasteiger partial charge in [0.1, 0.15) is 11.5 Å². The zero-order chi connectivity index (χ0) is 11.4. The van der Waals surface area contributed by atoms with Crippen molar-refractivity contribution in [2.75, 3.05) is 18.5 Å². The lowest BCUT2D eigenvalue weighted by atomic mass is 10.3. The van der Waals surface area contributed by atoms with Crippen molar-refractivity contribution in [2.24, 2.45) is 0 Å². The van der Waals surface area contributed by atoms with Gasteiger partial charge in [-0.15, -0.1) is 0 Å². The van der Waals surface area contributed by atoms with E-state index in [9.17, 15) is 4.79 Å². The number of hydrogen-bond donors (Lipinski definition) is 3. The predicted octanol–water partition coefficient (Wildman–Crippen LogP) is 0.378. The second-order valence-electron chi connectivity index (χ2n) is 3.81. The first-order valence-corrected chi connectivity index (χ1v) is 5.42. The number of aliphatic hydroxyl groups excluding tert-OH is 1. The zero-order valence-corrected chi connectivity index (χ0v) is 8.94. The van der Waals surface area contributed by atoms with E-state index in [0.29, 0.717) is 11.7 Å². The lowest BCUT2D eigenvalue weighted by Crippen LogP contribution is -2.27. The molecule has 16 heavy (non-hydrogen) atoms. The molecule has 0 bridgehead atoms. The van der Waals surface area contributed by atoms with Crippen LogP contribution in [0.5, 0.6) is 0 Å². The normalized spacial score (nSPS) is 14.6. The fraction of sp³-hybridized carbons (Fsp3) is 0.455. The molecule has 5 heteroatoms. The average molecular weight is 221 g/mol. The van der Waals surface area contributed by atoms with E-state index >= 15 is 0 Å². The number of carbonyl (C=O) groups is 1. The van der Waals surface area contributed by atoms with Gasteiger partial charge in [0.2, 0.25) is 0 Å². The zero-order valence-electron chi connectivity index (χ0n) is 8.94. The van der Waals surface area contributed by atoms with E-state index in [2.05, 4.69) is 15.6 Å². The molecule has 3 N–H and O–H groups in total. The van der Waals surface area contributed by atoms with E-state index < -0.39 is 0 Å². The topological polar surface area (TPSA) is 74.2 Å². The molecule has 0 saturated heterocycles. The molecule has 86 valence electrons. The second-order valence-corrected chi connectivity index (χ2v) is 3.81. The average Bonchev–Trinajstić information content (AvgIpc) is 3.10. The summed E-state index contributed by atoms with van der Waals surface area (Å²) in [5.41, 5.74) is 0.374. The van der Waals surface area contributed by atoms with Crippen LogP contribution < -0.4 is 10.6 Å². The number of anilines is 1. The van der Waals surface area contributed by atoms with Gasteiger partial charge in [0, 0.05) is 12.6 Å². The third kappa shape index (κ3) is 2.93. The van der Waals surface area contributed by atoms with Gasteiger partial charge in [0.15, 0.2) is 0 Å². The highest BCUT2D eigenvalue weighted by Gasteiger charge is 2.21. The summed E-state index contributed by atoms with van der Waals surface area (Å²) < 4.78 is 0. The number of carbonyl (C=O) groups excluding carboxylic acids is 1. The van der Waals surface area contributed by atoms with Crippen molar-refractivity contribution < 1.29 is 9.90 Å². The van der Waals surface area contributed by atoms with Gasteiger partial charge in [0.25, 0.3) is 5.91 Å². The van der Waals surface area contributed by atoms with Gasteiger partial charge in [-0.1, -0.05) is 6.07 Å². The highest BCUT2D eigenvalue weighted by atomic mass is 16.3. The van der Waals surface area contributed by atoms with Crippen LogP contribution in [0.2, 0.25) is 0 Å². The molecule has 1 aromatic rings. The van der Waals surface area contributed by atoms with Crippen molar-refractivity contribution in [1.82, 2.24) is 10.3 Å². The number of nitrogens with zero attached hydrogens (tertiary/aromatic N) is 1. The first-order chi connectivity index (χ1) is 7.79. The second kappa shape index (κ2) is 4.94. The van der Waals surface area contributed by atoms with Crippen LogP contribution in [0.3, 0.4) is 0 Å². The van der Waals surface area contributed by atoms with Gasteiger partial charge in [-0.05, 0) is 25.0 Å². The predicted molar refractivity (Wildman–Crippen MR) is 60.3 cm³/mol. The molecule has 0 aromatic carbocycles. The van der Waals surface area contributed by atoms with Crippen LogP contribution >= 0.6 is 0 Å². The Morgan fingerprint density at radius 1 is 1.50 bits per heavy atom. The Morgan fingerprint density at radius 2 is 2.31 bits per heavy atom. The molecule has 1 heterocycles. The van der Waals surface area contributed by atoms with E-state index in [-0.39, 0.29) is 19.1 Å². The molecule has 0 radical (unpaired) electrons. The maximum Gasteiger partial charge on any atom is 0.270 e. The first-order valence-electron chi connectivity index (χ1n) is 5.42. The SMILES string of the molecule is O=C(NCCO)c1cccc(NC2CC2)n1. The standard InChI is InChI=1S/C11H15N3O2/c15-7-6-12-11(16)9-2-1-3-10(14-9)13-8-4-5-8/h1-3,8,15H,4-7H2,(H,12,16)(H,13,14). The molecular formula is C11H15N3O2. The summed E-state index contributed by atoms with van der Waals surface area (Å²) in [4.78, 5) is 15.7. The Kier molecular flexibility index (Phi) is 3.36. The van der Waals surface area contributed by atoms with Crippen LogP contribution in [0.4, 0.5) is 5.82 Å². The van der Waals surface area contributed by atoms with E-state index in [1.165, 1.54) is 12.8 Å². The summed E-state index contributed by atoms with van der Waals surface area (Å²) >= 11 is 0. The van der Waals surface area contributed by atoms with E-state index in [1.54, 1.807) is 12.1 Å². The van der Waals surface area contributed by atoms with Crippen LogP contribution in [-0.4, -0.2) is 35.2 Å². The van der Waals surface area contributed by atoms with E-state index in [1.807, 2.05) is 6.07 Å². The Morgan fingerprint density at radius 3 is 3.00 bits per heavy atom. The molecule has 1 amide bonds. The quantitative estimate of drug-likeness (QED) is 0.672. The molecular weight excluding hydrogens is 206 g/mol. The van der Waals surface area contributed by atoms with E-state index in [0.717, 1.165) is 5.82 Å². The van der Waals surface area contributed by atoms with Crippen LogP contribution in [-0.2, 0) is 0 Å². The molecule has 1 saturated carbocycles. The number of aromatic nitrogens is 1. The molecule has 1 aromatic heterocycles. The summed E-state index contributed by atoms with van der Waals surface area (Å²) in [6, 6.07) is 5.82. The van der Waals surface area contributed by atoms with Crippen molar-refractivity contribution in [2.45, 2.75) is 18.9 Å². The van der Waals surface area contributed by atoms with Crippen LogP contribution in [0.15, 0.2) is 18.2 Å². The highest BCUT2D eigenvalue weighted by molar-refractivity contribution is 5.92. The molecule has 0 unspecified atom stereocenters. The Bertz CT molecular complexity index is 377. The van der Waals surface area contributed by atoms with Crippen LogP contribution in [0.25, 0.3) is 0 Å². The lowest BCUT2D eigenvalue weighted by molar-refractivity contribution is 0.0940. The Balaban J connectivity index is 1.99. The van der Waals surface area contributed by atoms with Gasteiger partial charge in [-0.3, -0.25) is 4.79 Å². The first kappa shape index (κ1) is 10.9. The Labute approximate surface area is 93.9 Å².